The molecule has 1 fully saturated rings. The van der Waals surface area contributed by atoms with Gasteiger partial charge in [0.05, 0.1) is 21.3 Å². The first-order chi connectivity index (χ1) is 17.5. The third-order valence-corrected chi connectivity index (χ3v) is 6.68. The van der Waals surface area contributed by atoms with Crippen LogP contribution < -0.4 is 10.2 Å². The first-order valence-corrected chi connectivity index (χ1v) is 12.1. The zero-order valence-corrected chi connectivity index (χ0v) is 20.7. The summed E-state index contributed by atoms with van der Waals surface area (Å²) in [4.78, 5) is 29.6. The molecule has 4 aromatic rings. The standard InChI is InChI=1S/C26H22Cl2N6O2/c27-22-8-7-20(34-16-29-30-17-34)15-21(22)25(35)31-19-6-9-24(23(28)14-19)32-10-12-33(13-11-32)26(36)18-4-2-1-3-5-18/h1-9,14-17H,10-13H2,(H,31,35). The molecule has 182 valence electrons. The number of rotatable bonds is 5. The molecule has 1 N–H and O–H groups in total. The van der Waals surface area contributed by atoms with Crippen molar-refractivity contribution in [2.45, 2.75) is 0 Å². The number of hydrogen-bond donors (Lipinski definition) is 1. The molecule has 2 amide bonds. The molecule has 3 aromatic carbocycles. The van der Waals surface area contributed by atoms with E-state index in [0.29, 0.717) is 58.7 Å². The van der Waals surface area contributed by atoms with Crippen LogP contribution in [0.1, 0.15) is 20.7 Å². The molecule has 10 heteroatoms. The van der Waals surface area contributed by atoms with E-state index in [1.807, 2.05) is 41.3 Å². The average molecular weight is 521 g/mol. The van der Waals surface area contributed by atoms with E-state index in [-0.39, 0.29) is 11.8 Å². The Morgan fingerprint density at radius 2 is 1.53 bits per heavy atom. The molecule has 1 aliphatic rings. The van der Waals surface area contributed by atoms with E-state index in [9.17, 15) is 9.59 Å². The molecule has 0 atom stereocenters. The summed E-state index contributed by atoms with van der Waals surface area (Å²) in [5.41, 5.74) is 3.14. The molecule has 0 spiro atoms. The highest BCUT2D eigenvalue weighted by molar-refractivity contribution is 6.35. The average Bonchev–Trinajstić information content (AvgIpc) is 3.44. The number of piperazine rings is 1. The van der Waals surface area contributed by atoms with Crippen molar-refractivity contribution >= 4 is 46.4 Å². The lowest BCUT2D eigenvalue weighted by molar-refractivity contribution is 0.0746. The van der Waals surface area contributed by atoms with Crippen LogP contribution >= 0.6 is 23.2 Å². The van der Waals surface area contributed by atoms with E-state index in [2.05, 4.69) is 20.4 Å². The highest BCUT2D eigenvalue weighted by Gasteiger charge is 2.23. The van der Waals surface area contributed by atoms with Gasteiger partial charge < -0.3 is 15.1 Å². The largest absolute Gasteiger partial charge is 0.367 e. The van der Waals surface area contributed by atoms with Crippen molar-refractivity contribution in [1.82, 2.24) is 19.7 Å². The van der Waals surface area contributed by atoms with Crippen LogP contribution in [0.15, 0.2) is 79.4 Å². The van der Waals surface area contributed by atoms with Crippen LogP contribution in [0.5, 0.6) is 0 Å². The summed E-state index contributed by atoms with van der Waals surface area (Å²) in [6.45, 7) is 2.53. The van der Waals surface area contributed by atoms with Crippen LogP contribution in [0.25, 0.3) is 5.69 Å². The molecular weight excluding hydrogens is 499 g/mol. The van der Waals surface area contributed by atoms with Crippen molar-refractivity contribution in [2.75, 3.05) is 36.4 Å². The van der Waals surface area contributed by atoms with Gasteiger partial charge in [0.25, 0.3) is 11.8 Å². The molecular formula is C26H22Cl2N6O2. The molecule has 0 aliphatic carbocycles. The van der Waals surface area contributed by atoms with Crippen molar-refractivity contribution in [3.05, 3.63) is 101 Å². The maximum absolute atomic E-state index is 12.9. The van der Waals surface area contributed by atoms with Gasteiger partial charge in [0.1, 0.15) is 12.7 Å². The number of amides is 2. The van der Waals surface area contributed by atoms with Crippen LogP contribution in [0, 0.1) is 0 Å². The third kappa shape index (κ3) is 5.05. The highest BCUT2D eigenvalue weighted by Crippen LogP contribution is 2.30. The van der Waals surface area contributed by atoms with Crippen LogP contribution in [0.4, 0.5) is 11.4 Å². The van der Waals surface area contributed by atoms with Gasteiger partial charge in [0.2, 0.25) is 0 Å². The van der Waals surface area contributed by atoms with Crippen molar-refractivity contribution in [1.29, 1.82) is 0 Å². The summed E-state index contributed by atoms with van der Waals surface area (Å²) in [7, 11) is 0. The Balaban J connectivity index is 1.24. The fourth-order valence-corrected chi connectivity index (χ4v) is 4.64. The lowest BCUT2D eigenvalue weighted by Crippen LogP contribution is -2.48. The summed E-state index contributed by atoms with van der Waals surface area (Å²) in [6.07, 6.45) is 3.08. The van der Waals surface area contributed by atoms with E-state index in [4.69, 9.17) is 23.2 Å². The molecule has 1 aromatic heterocycles. The van der Waals surface area contributed by atoms with Crippen LogP contribution in [-0.4, -0.2) is 57.7 Å². The highest BCUT2D eigenvalue weighted by atomic mass is 35.5. The Bertz CT molecular complexity index is 1390. The van der Waals surface area contributed by atoms with Gasteiger partial charge in [-0.05, 0) is 48.5 Å². The van der Waals surface area contributed by atoms with Gasteiger partial charge in [0, 0.05) is 43.1 Å². The van der Waals surface area contributed by atoms with E-state index < -0.39 is 0 Å². The number of carbonyl (C=O) groups excluding carboxylic acids is 2. The van der Waals surface area contributed by atoms with Crippen LogP contribution in [-0.2, 0) is 0 Å². The summed E-state index contributed by atoms with van der Waals surface area (Å²) < 4.78 is 1.69. The first-order valence-electron chi connectivity index (χ1n) is 11.3. The maximum atomic E-state index is 12.9. The molecule has 0 unspecified atom stereocenters. The van der Waals surface area contributed by atoms with E-state index in [1.165, 1.54) is 0 Å². The number of anilines is 2. The van der Waals surface area contributed by atoms with Crippen molar-refractivity contribution < 1.29 is 9.59 Å². The Morgan fingerprint density at radius 1 is 0.806 bits per heavy atom. The van der Waals surface area contributed by atoms with Crippen molar-refractivity contribution in [3.63, 3.8) is 0 Å². The normalized spacial score (nSPS) is 13.5. The summed E-state index contributed by atoms with van der Waals surface area (Å²) >= 11 is 12.9. The minimum absolute atomic E-state index is 0.0337. The quantitative estimate of drug-likeness (QED) is 0.409. The van der Waals surface area contributed by atoms with Crippen LogP contribution in [0.3, 0.4) is 0 Å². The molecule has 0 saturated carbocycles. The van der Waals surface area contributed by atoms with E-state index >= 15 is 0 Å². The van der Waals surface area contributed by atoms with E-state index in [1.54, 1.807) is 47.6 Å². The number of hydrogen-bond acceptors (Lipinski definition) is 5. The smallest absolute Gasteiger partial charge is 0.257 e. The second kappa shape index (κ2) is 10.4. The van der Waals surface area contributed by atoms with Gasteiger partial charge in [-0.1, -0.05) is 41.4 Å². The minimum Gasteiger partial charge on any atom is -0.367 e. The number of nitrogens with one attached hydrogen (secondary N) is 1. The monoisotopic (exact) mass is 520 g/mol. The molecule has 8 nitrogen and oxygen atoms in total. The second-order valence-corrected chi connectivity index (χ2v) is 9.11. The topological polar surface area (TPSA) is 83.4 Å². The molecule has 1 saturated heterocycles. The number of aromatic nitrogens is 3. The Hall–Kier alpha value is -3.88. The summed E-state index contributed by atoms with van der Waals surface area (Å²) in [5.74, 6) is -0.321. The Morgan fingerprint density at radius 3 is 2.22 bits per heavy atom. The lowest BCUT2D eigenvalue weighted by Gasteiger charge is -2.36. The molecule has 0 radical (unpaired) electrons. The van der Waals surface area contributed by atoms with Gasteiger partial charge in [-0.15, -0.1) is 10.2 Å². The zero-order valence-electron chi connectivity index (χ0n) is 19.1. The number of benzene rings is 3. The Kier molecular flexibility index (Phi) is 6.88. The van der Waals surface area contributed by atoms with Crippen molar-refractivity contribution in [2.24, 2.45) is 0 Å². The predicted molar refractivity (Wildman–Crippen MR) is 140 cm³/mol. The lowest BCUT2D eigenvalue weighted by atomic mass is 10.1. The number of halogens is 2. The van der Waals surface area contributed by atoms with Crippen LogP contribution in [0.2, 0.25) is 10.0 Å². The van der Waals surface area contributed by atoms with E-state index in [0.717, 1.165) is 5.69 Å². The maximum Gasteiger partial charge on any atom is 0.257 e. The minimum atomic E-state index is -0.355. The van der Waals surface area contributed by atoms with Gasteiger partial charge >= 0.3 is 0 Å². The molecule has 1 aliphatic heterocycles. The fraction of sp³-hybridized carbons (Fsp3) is 0.154. The van der Waals surface area contributed by atoms with Gasteiger partial charge in [-0.2, -0.15) is 0 Å². The van der Waals surface area contributed by atoms with Crippen molar-refractivity contribution in [3.8, 4) is 5.69 Å². The summed E-state index contributed by atoms with van der Waals surface area (Å²) in [6, 6.07) is 19.8. The van der Waals surface area contributed by atoms with Gasteiger partial charge in [-0.3, -0.25) is 14.2 Å². The molecule has 36 heavy (non-hydrogen) atoms. The fourth-order valence-electron chi connectivity index (χ4n) is 4.14. The first kappa shape index (κ1) is 23.8. The van der Waals surface area contributed by atoms with Gasteiger partial charge in [-0.25, -0.2) is 0 Å². The molecule has 5 rings (SSSR count). The number of nitrogens with zero attached hydrogens (tertiary/aromatic N) is 5. The molecule has 2 heterocycles. The third-order valence-electron chi connectivity index (χ3n) is 6.05. The molecule has 0 bridgehead atoms. The van der Waals surface area contributed by atoms with Gasteiger partial charge in [0.15, 0.2) is 0 Å². The summed E-state index contributed by atoms with van der Waals surface area (Å²) in [5, 5.41) is 11.3. The second-order valence-electron chi connectivity index (χ2n) is 8.30. The predicted octanol–water partition coefficient (Wildman–Crippen LogP) is 4.79. The number of carbonyl (C=O) groups is 2. The SMILES string of the molecule is O=C(Nc1ccc(N2CCN(C(=O)c3ccccc3)CC2)c(Cl)c1)c1cc(-n2cnnc2)ccc1Cl. The zero-order chi connectivity index (χ0) is 25.1. The Labute approximate surface area is 218 Å².